The van der Waals surface area contributed by atoms with Crippen molar-refractivity contribution in [3.63, 3.8) is 0 Å². The quantitative estimate of drug-likeness (QED) is 0.742. The molecule has 1 fully saturated rings. The molecule has 0 unspecified atom stereocenters. The summed E-state index contributed by atoms with van der Waals surface area (Å²) in [6, 6.07) is 1.64. The van der Waals surface area contributed by atoms with E-state index in [2.05, 4.69) is 45.1 Å². The van der Waals surface area contributed by atoms with Crippen molar-refractivity contribution in [1.82, 2.24) is 9.97 Å². The fourth-order valence-corrected chi connectivity index (χ4v) is 2.73. The van der Waals surface area contributed by atoms with Crippen LogP contribution in [0.1, 0.15) is 39.5 Å². The van der Waals surface area contributed by atoms with Crippen LogP contribution in [0.2, 0.25) is 0 Å². The molecular formula is C13H21BrN4O. The van der Waals surface area contributed by atoms with E-state index in [1.165, 1.54) is 0 Å². The van der Waals surface area contributed by atoms with Gasteiger partial charge in [-0.1, -0.05) is 13.8 Å². The van der Waals surface area contributed by atoms with Crippen molar-refractivity contribution >= 4 is 27.7 Å². The summed E-state index contributed by atoms with van der Waals surface area (Å²) in [4.78, 5) is 8.27. The largest absolute Gasteiger partial charge is 0.388 e. The minimum Gasteiger partial charge on any atom is -0.388 e. The average molecular weight is 329 g/mol. The van der Waals surface area contributed by atoms with E-state index in [1.807, 2.05) is 0 Å². The molecule has 1 heterocycles. The second-order valence-corrected chi connectivity index (χ2v) is 6.99. The first-order valence-corrected chi connectivity index (χ1v) is 7.34. The van der Waals surface area contributed by atoms with Gasteiger partial charge in [0.05, 0.1) is 5.60 Å². The third-order valence-electron chi connectivity index (χ3n) is 3.82. The lowest BCUT2D eigenvalue weighted by molar-refractivity contribution is -0.0146. The minimum atomic E-state index is -0.671. The highest BCUT2D eigenvalue weighted by Gasteiger charge is 2.36. The second kappa shape index (κ2) is 5.25. The number of nitrogens with one attached hydrogen (secondary N) is 1. The Bertz CT molecular complexity index is 434. The Labute approximate surface area is 122 Å². The van der Waals surface area contributed by atoms with Gasteiger partial charge in [-0.3, -0.25) is 0 Å². The molecule has 0 radical (unpaired) electrons. The number of aromatic nitrogens is 2. The van der Waals surface area contributed by atoms with E-state index >= 15 is 0 Å². The zero-order valence-electron chi connectivity index (χ0n) is 11.4. The lowest BCUT2D eigenvalue weighted by Crippen LogP contribution is -2.42. The van der Waals surface area contributed by atoms with E-state index in [1.54, 1.807) is 6.07 Å². The van der Waals surface area contributed by atoms with Gasteiger partial charge in [0, 0.05) is 12.6 Å². The molecule has 0 aromatic carbocycles. The normalized spacial score (nSPS) is 21.1. The minimum absolute atomic E-state index is 0.336. The number of nitrogens with zero attached hydrogens (tertiary/aromatic N) is 2. The van der Waals surface area contributed by atoms with E-state index in [4.69, 9.17) is 5.73 Å². The Morgan fingerprint density at radius 3 is 2.53 bits per heavy atom. The second-order valence-electron chi connectivity index (χ2n) is 6.18. The molecule has 0 spiro atoms. The van der Waals surface area contributed by atoms with Crippen molar-refractivity contribution in [3.8, 4) is 0 Å². The number of nitrogens with two attached hydrogens (primary N) is 1. The molecule has 0 saturated heterocycles. The van der Waals surface area contributed by atoms with Gasteiger partial charge in [0.1, 0.15) is 10.4 Å². The highest BCUT2D eigenvalue weighted by Crippen LogP contribution is 2.40. The van der Waals surface area contributed by atoms with E-state index in [0.717, 1.165) is 25.7 Å². The predicted molar refractivity (Wildman–Crippen MR) is 79.8 cm³/mol. The molecule has 6 heteroatoms. The van der Waals surface area contributed by atoms with Crippen LogP contribution in [0.5, 0.6) is 0 Å². The average Bonchev–Trinajstić information content (AvgIpc) is 2.30. The highest BCUT2D eigenvalue weighted by atomic mass is 79.9. The maximum absolute atomic E-state index is 10.5. The maximum atomic E-state index is 10.5. The highest BCUT2D eigenvalue weighted by molar-refractivity contribution is 9.10. The number of anilines is 2. The predicted octanol–water partition coefficient (Wildman–Crippen LogP) is 2.56. The maximum Gasteiger partial charge on any atom is 0.225 e. The monoisotopic (exact) mass is 328 g/mol. The van der Waals surface area contributed by atoms with Crippen LogP contribution < -0.4 is 11.1 Å². The molecule has 1 aromatic heterocycles. The molecule has 5 nitrogen and oxygen atoms in total. The number of nitrogen functional groups attached to an aromatic ring is 1. The summed E-state index contributed by atoms with van der Waals surface area (Å²) < 4.78 is 0.638. The molecule has 1 aliphatic rings. The van der Waals surface area contributed by atoms with Gasteiger partial charge in [-0.25, -0.2) is 4.98 Å². The molecule has 4 N–H and O–H groups in total. The van der Waals surface area contributed by atoms with Gasteiger partial charge >= 0.3 is 0 Å². The first-order valence-electron chi connectivity index (χ1n) is 6.54. The van der Waals surface area contributed by atoms with Crippen LogP contribution in [-0.4, -0.2) is 27.2 Å². The SMILES string of the molecule is CC1(C)CCC(O)(CNc2nc(N)cc(Br)n2)CC1. The first-order chi connectivity index (χ1) is 8.78. The molecule has 0 aliphatic heterocycles. The molecule has 0 atom stereocenters. The van der Waals surface area contributed by atoms with Gasteiger partial charge in [0.25, 0.3) is 0 Å². The summed E-state index contributed by atoms with van der Waals surface area (Å²) in [6.07, 6.45) is 3.67. The molecule has 1 aliphatic carbocycles. The van der Waals surface area contributed by atoms with Crippen LogP contribution in [0, 0.1) is 5.41 Å². The van der Waals surface area contributed by atoms with Crippen LogP contribution in [-0.2, 0) is 0 Å². The van der Waals surface area contributed by atoms with Crippen molar-refractivity contribution in [3.05, 3.63) is 10.7 Å². The molecular weight excluding hydrogens is 308 g/mol. The van der Waals surface area contributed by atoms with Crippen molar-refractivity contribution < 1.29 is 5.11 Å². The van der Waals surface area contributed by atoms with Crippen LogP contribution in [0.4, 0.5) is 11.8 Å². The Balaban J connectivity index is 1.95. The Morgan fingerprint density at radius 2 is 1.95 bits per heavy atom. The number of aliphatic hydroxyl groups is 1. The van der Waals surface area contributed by atoms with Crippen molar-refractivity contribution in [2.75, 3.05) is 17.6 Å². The van der Waals surface area contributed by atoms with Crippen molar-refractivity contribution in [2.45, 2.75) is 45.1 Å². The van der Waals surface area contributed by atoms with E-state index in [9.17, 15) is 5.11 Å². The van der Waals surface area contributed by atoms with E-state index in [0.29, 0.717) is 28.3 Å². The number of rotatable bonds is 3. The molecule has 106 valence electrons. The third kappa shape index (κ3) is 4.04. The molecule has 1 saturated carbocycles. The Kier molecular flexibility index (Phi) is 4.01. The van der Waals surface area contributed by atoms with Gasteiger partial charge in [0.15, 0.2) is 0 Å². The molecule has 2 rings (SSSR count). The van der Waals surface area contributed by atoms with E-state index in [-0.39, 0.29) is 0 Å². The number of halogens is 1. The van der Waals surface area contributed by atoms with Crippen molar-refractivity contribution in [1.29, 1.82) is 0 Å². The summed E-state index contributed by atoms with van der Waals surface area (Å²) in [6.45, 7) is 4.95. The summed E-state index contributed by atoms with van der Waals surface area (Å²) in [5.74, 6) is 0.853. The van der Waals surface area contributed by atoms with Gasteiger partial charge in [0.2, 0.25) is 5.95 Å². The summed E-state index contributed by atoms with van der Waals surface area (Å²) >= 11 is 3.27. The lowest BCUT2D eigenvalue weighted by atomic mass is 9.71. The van der Waals surface area contributed by atoms with Gasteiger partial charge < -0.3 is 16.2 Å². The lowest BCUT2D eigenvalue weighted by Gasteiger charge is -2.40. The number of hydrogen-bond acceptors (Lipinski definition) is 5. The molecule has 0 bridgehead atoms. The topological polar surface area (TPSA) is 84.1 Å². The fraction of sp³-hybridized carbons (Fsp3) is 0.692. The standard InChI is InChI=1S/C13H21BrN4O/c1-12(2)3-5-13(19,6-4-12)8-16-11-17-9(14)7-10(15)18-11/h7,19H,3-6,8H2,1-2H3,(H3,15,16,17,18). The zero-order chi connectivity index (χ0) is 14.1. The summed E-state index contributed by atoms with van der Waals surface area (Å²) in [7, 11) is 0. The fourth-order valence-electron chi connectivity index (χ4n) is 2.33. The molecule has 0 amide bonds. The molecule has 1 aromatic rings. The summed E-state index contributed by atoms with van der Waals surface area (Å²) in [5.41, 5.74) is 5.32. The Hall–Kier alpha value is -0.880. The molecule has 19 heavy (non-hydrogen) atoms. The van der Waals surface area contributed by atoms with Crippen LogP contribution in [0.3, 0.4) is 0 Å². The number of hydrogen-bond donors (Lipinski definition) is 3. The summed E-state index contributed by atoms with van der Waals surface area (Å²) in [5, 5.41) is 13.6. The Morgan fingerprint density at radius 1 is 1.32 bits per heavy atom. The van der Waals surface area contributed by atoms with Crippen LogP contribution >= 0.6 is 15.9 Å². The van der Waals surface area contributed by atoms with Gasteiger partial charge in [-0.05, 0) is 47.0 Å². The first kappa shape index (κ1) is 14.5. The van der Waals surface area contributed by atoms with Gasteiger partial charge in [-0.2, -0.15) is 4.98 Å². The smallest absolute Gasteiger partial charge is 0.225 e. The zero-order valence-corrected chi connectivity index (χ0v) is 13.0. The van der Waals surface area contributed by atoms with Crippen molar-refractivity contribution in [2.24, 2.45) is 5.41 Å². The van der Waals surface area contributed by atoms with Gasteiger partial charge in [-0.15, -0.1) is 0 Å². The van der Waals surface area contributed by atoms with E-state index < -0.39 is 5.60 Å². The third-order valence-corrected chi connectivity index (χ3v) is 4.23. The van der Waals surface area contributed by atoms with Crippen LogP contribution in [0.15, 0.2) is 10.7 Å². The van der Waals surface area contributed by atoms with Crippen LogP contribution in [0.25, 0.3) is 0 Å².